The number of fused-ring (bicyclic) bond motifs is 1. The van der Waals surface area contributed by atoms with Crippen LogP contribution in [0, 0.1) is 0 Å². The first-order chi connectivity index (χ1) is 9.29. The van der Waals surface area contributed by atoms with Gasteiger partial charge >= 0.3 is 0 Å². The Morgan fingerprint density at radius 2 is 2.11 bits per heavy atom. The third-order valence-corrected chi connectivity index (χ3v) is 4.25. The van der Waals surface area contributed by atoms with Crippen molar-refractivity contribution in [2.75, 3.05) is 58.3 Å². The summed E-state index contributed by atoms with van der Waals surface area (Å²) in [5.74, 6) is 1.61. The molecule has 0 spiro atoms. The summed E-state index contributed by atoms with van der Waals surface area (Å²) < 4.78 is 5.50. The van der Waals surface area contributed by atoms with Crippen LogP contribution in [0.15, 0.2) is 18.2 Å². The molecule has 0 amide bonds. The smallest absolute Gasteiger partial charge is 0.142 e. The minimum atomic E-state index is 0.605. The molecule has 0 aliphatic carbocycles. The lowest BCUT2D eigenvalue weighted by atomic mass is 10.00. The Kier molecular flexibility index (Phi) is 3.62. The lowest BCUT2D eigenvalue weighted by Gasteiger charge is -2.29. The minimum Gasteiger partial charge on any atom is -0.495 e. The fourth-order valence-electron chi connectivity index (χ4n) is 3.32. The van der Waals surface area contributed by atoms with Gasteiger partial charge in [-0.05, 0) is 11.6 Å². The third kappa shape index (κ3) is 2.42. The number of methoxy groups -OCH3 is 1. The van der Waals surface area contributed by atoms with Crippen LogP contribution in [0.2, 0.25) is 0 Å². The van der Waals surface area contributed by atoms with Gasteiger partial charge in [0.15, 0.2) is 0 Å². The molecule has 104 valence electrons. The Bertz CT molecular complexity index is 443. The van der Waals surface area contributed by atoms with Crippen molar-refractivity contribution in [2.24, 2.45) is 0 Å². The van der Waals surface area contributed by atoms with E-state index in [9.17, 15) is 0 Å². The topological polar surface area (TPSA) is 27.7 Å². The molecule has 1 aromatic carbocycles. The van der Waals surface area contributed by atoms with E-state index in [2.05, 4.69) is 40.4 Å². The second kappa shape index (κ2) is 5.39. The molecule has 0 saturated carbocycles. The molecular weight excluding hydrogens is 238 g/mol. The molecule has 0 aromatic heterocycles. The fraction of sp³-hybridized carbons (Fsp3) is 0.600. The molecule has 2 aliphatic heterocycles. The maximum absolute atomic E-state index is 5.50. The highest BCUT2D eigenvalue weighted by Gasteiger charge is 2.30. The van der Waals surface area contributed by atoms with E-state index in [-0.39, 0.29) is 0 Å². The quantitative estimate of drug-likeness (QED) is 0.883. The summed E-state index contributed by atoms with van der Waals surface area (Å²) in [4.78, 5) is 4.91. The minimum absolute atomic E-state index is 0.605. The molecule has 2 heterocycles. The highest BCUT2D eigenvalue weighted by molar-refractivity contribution is 5.68. The summed E-state index contributed by atoms with van der Waals surface area (Å²) in [6, 6.07) is 6.43. The SMILES string of the molecule is COc1cccc2c1N(C)CC2CN1CCNCC1. The second-order valence-corrected chi connectivity index (χ2v) is 5.53. The molecule has 4 nitrogen and oxygen atoms in total. The number of para-hydroxylation sites is 1. The lowest BCUT2D eigenvalue weighted by molar-refractivity contribution is 0.230. The van der Waals surface area contributed by atoms with Crippen LogP contribution < -0.4 is 15.0 Å². The number of ether oxygens (including phenoxy) is 1. The molecule has 19 heavy (non-hydrogen) atoms. The zero-order valence-corrected chi connectivity index (χ0v) is 11.9. The largest absolute Gasteiger partial charge is 0.495 e. The normalized spacial score (nSPS) is 23.5. The van der Waals surface area contributed by atoms with Gasteiger partial charge in [0.25, 0.3) is 0 Å². The highest BCUT2D eigenvalue weighted by atomic mass is 16.5. The van der Waals surface area contributed by atoms with E-state index >= 15 is 0 Å². The van der Waals surface area contributed by atoms with Crippen LogP contribution in [-0.2, 0) is 0 Å². The number of hydrogen-bond acceptors (Lipinski definition) is 4. The molecule has 1 fully saturated rings. The van der Waals surface area contributed by atoms with Crippen LogP contribution >= 0.6 is 0 Å². The van der Waals surface area contributed by atoms with Crippen molar-refractivity contribution in [3.05, 3.63) is 23.8 Å². The molecule has 1 unspecified atom stereocenters. The number of benzene rings is 1. The first-order valence-electron chi connectivity index (χ1n) is 7.10. The standard InChI is InChI=1S/C15H23N3O/c1-17-10-12(11-18-8-6-16-7-9-18)13-4-3-5-14(19-2)15(13)17/h3-5,12,16H,6-11H2,1-2H3. The predicted molar refractivity (Wildman–Crippen MR) is 78.3 cm³/mol. The van der Waals surface area contributed by atoms with E-state index in [0.717, 1.165) is 31.9 Å². The van der Waals surface area contributed by atoms with Crippen molar-refractivity contribution in [1.29, 1.82) is 0 Å². The number of piperazine rings is 1. The Morgan fingerprint density at radius 1 is 1.32 bits per heavy atom. The number of rotatable bonds is 3. The Labute approximate surface area is 115 Å². The number of anilines is 1. The monoisotopic (exact) mass is 261 g/mol. The van der Waals surface area contributed by atoms with Gasteiger partial charge in [0.1, 0.15) is 5.75 Å². The summed E-state index contributed by atoms with van der Waals surface area (Å²) in [7, 11) is 3.92. The number of nitrogens with one attached hydrogen (secondary N) is 1. The van der Waals surface area contributed by atoms with E-state index < -0.39 is 0 Å². The summed E-state index contributed by atoms with van der Waals surface area (Å²) >= 11 is 0. The van der Waals surface area contributed by atoms with Crippen molar-refractivity contribution >= 4 is 5.69 Å². The molecule has 3 rings (SSSR count). The van der Waals surface area contributed by atoms with Gasteiger partial charge in [-0.25, -0.2) is 0 Å². The van der Waals surface area contributed by atoms with Gasteiger partial charge in [0.05, 0.1) is 12.8 Å². The van der Waals surface area contributed by atoms with Gasteiger partial charge in [-0.15, -0.1) is 0 Å². The van der Waals surface area contributed by atoms with Crippen molar-refractivity contribution in [2.45, 2.75) is 5.92 Å². The van der Waals surface area contributed by atoms with Gasteiger partial charge in [0, 0.05) is 52.2 Å². The van der Waals surface area contributed by atoms with Crippen molar-refractivity contribution in [1.82, 2.24) is 10.2 Å². The first-order valence-corrected chi connectivity index (χ1v) is 7.10. The molecule has 0 radical (unpaired) electrons. The van der Waals surface area contributed by atoms with Crippen molar-refractivity contribution in [3.63, 3.8) is 0 Å². The van der Waals surface area contributed by atoms with Crippen LogP contribution in [0.3, 0.4) is 0 Å². The van der Waals surface area contributed by atoms with Crippen LogP contribution in [0.25, 0.3) is 0 Å². The number of hydrogen-bond donors (Lipinski definition) is 1. The average Bonchev–Trinajstić information content (AvgIpc) is 2.77. The maximum Gasteiger partial charge on any atom is 0.142 e. The van der Waals surface area contributed by atoms with Crippen LogP contribution in [-0.4, -0.2) is 58.3 Å². The number of likely N-dealkylation sites (N-methyl/N-ethyl adjacent to an activating group) is 1. The van der Waals surface area contributed by atoms with E-state index in [1.807, 2.05) is 0 Å². The molecule has 1 atom stereocenters. The van der Waals surface area contributed by atoms with Crippen LogP contribution in [0.5, 0.6) is 5.75 Å². The molecule has 2 aliphatic rings. The number of nitrogens with zero attached hydrogens (tertiary/aromatic N) is 2. The zero-order valence-electron chi connectivity index (χ0n) is 11.9. The van der Waals surface area contributed by atoms with Gasteiger partial charge in [0.2, 0.25) is 0 Å². The molecule has 0 bridgehead atoms. The van der Waals surface area contributed by atoms with Crippen molar-refractivity contribution in [3.8, 4) is 5.75 Å². The fourth-order valence-corrected chi connectivity index (χ4v) is 3.32. The van der Waals surface area contributed by atoms with Gasteiger partial charge in [-0.1, -0.05) is 12.1 Å². The summed E-state index contributed by atoms with van der Waals surface area (Å²) in [5, 5.41) is 3.41. The maximum atomic E-state index is 5.50. The Morgan fingerprint density at radius 3 is 2.84 bits per heavy atom. The Hall–Kier alpha value is -1.26. The predicted octanol–water partition coefficient (Wildman–Crippen LogP) is 1.13. The Balaban J connectivity index is 1.79. The van der Waals surface area contributed by atoms with Gasteiger partial charge in [-0.2, -0.15) is 0 Å². The third-order valence-electron chi connectivity index (χ3n) is 4.25. The molecule has 1 saturated heterocycles. The highest BCUT2D eigenvalue weighted by Crippen LogP contribution is 2.42. The summed E-state index contributed by atoms with van der Waals surface area (Å²) in [6.07, 6.45) is 0. The lowest BCUT2D eigenvalue weighted by Crippen LogP contribution is -2.45. The van der Waals surface area contributed by atoms with Crippen LogP contribution in [0.1, 0.15) is 11.5 Å². The van der Waals surface area contributed by atoms with E-state index in [4.69, 9.17) is 4.74 Å². The first kappa shape index (κ1) is 12.8. The van der Waals surface area contributed by atoms with E-state index in [1.165, 1.54) is 24.3 Å². The summed E-state index contributed by atoms with van der Waals surface area (Å²) in [6.45, 7) is 6.83. The zero-order chi connectivity index (χ0) is 13.2. The molecule has 1 N–H and O–H groups in total. The van der Waals surface area contributed by atoms with Crippen LogP contribution in [0.4, 0.5) is 5.69 Å². The molecule has 1 aromatic rings. The van der Waals surface area contributed by atoms with Crippen molar-refractivity contribution < 1.29 is 4.74 Å². The van der Waals surface area contributed by atoms with Gasteiger partial charge in [-0.3, -0.25) is 0 Å². The van der Waals surface area contributed by atoms with E-state index in [1.54, 1.807) is 7.11 Å². The molecular formula is C15H23N3O. The van der Waals surface area contributed by atoms with Gasteiger partial charge < -0.3 is 19.9 Å². The average molecular weight is 261 g/mol. The molecule has 4 heteroatoms. The van der Waals surface area contributed by atoms with E-state index in [0.29, 0.717) is 5.92 Å². The summed E-state index contributed by atoms with van der Waals surface area (Å²) in [5.41, 5.74) is 2.73. The second-order valence-electron chi connectivity index (χ2n) is 5.53.